The smallest absolute Gasteiger partial charge is 0.257 e. The fourth-order valence-corrected chi connectivity index (χ4v) is 1.55. The number of aromatic hydroxyl groups is 1. The first-order valence-corrected chi connectivity index (χ1v) is 5.34. The summed E-state index contributed by atoms with van der Waals surface area (Å²) in [5, 5.41) is 11.8. The number of benzene rings is 1. The SMILES string of the molecule is O=C(Nc1ccc(F)cc1Cl)c1cncc(O)c1. The Labute approximate surface area is 107 Å². The Bertz CT molecular complexity index is 604. The van der Waals surface area contributed by atoms with E-state index in [4.69, 9.17) is 11.6 Å². The third kappa shape index (κ3) is 2.75. The van der Waals surface area contributed by atoms with Crippen LogP contribution in [0.4, 0.5) is 10.1 Å². The molecule has 0 spiro atoms. The molecule has 2 aromatic rings. The Morgan fingerprint density at radius 2 is 2.11 bits per heavy atom. The highest BCUT2D eigenvalue weighted by molar-refractivity contribution is 6.33. The molecule has 1 aromatic carbocycles. The number of rotatable bonds is 2. The molecule has 0 saturated carbocycles. The summed E-state index contributed by atoms with van der Waals surface area (Å²) in [5.41, 5.74) is 0.460. The first-order valence-electron chi connectivity index (χ1n) is 4.96. The first kappa shape index (κ1) is 12.3. The van der Waals surface area contributed by atoms with Crippen molar-refractivity contribution in [3.63, 3.8) is 0 Å². The van der Waals surface area contributed by atoms with Crippen molar-refractivity contribution in [3.05, 3.63) is 53.1 Å². The zero-order chi connectivity index (χ0) is 13.1. The largest absolute Gasteiger partial charge is 0.506 e. The van der Waals surface area contributed by atoms with E-state index in [1.165, 1.54) is 30.6 Å². The van der Waals surface area contributed by atoms with Crippen LogP contribution in [0.3, 0.4) is 0 Å². The number of carbonyl (C=O) groups excluding carboxylic acids is 1. The lowest BCUT2D eigenvalue weighted by Crippen LogP contribution is -2.12. The van der Waals surface area contributed by atoms with Gasteiger partial charge >= 0.3 is 0 Å². The van der Waals surface area contributed by atoms with Gasteiger partial charge in [-0.3, -0.25) is 9.78 Å². The molecular weight excluding hydrogens is 259 g/mol. The summed E-state index contributed by atoms with van der Waals surface area (Å²) in [6.45, 7) is 0. The number of carbonyl (C=O) groups is 1. The van der Waals surface area contributed by atoms with Crippen LogP contribution in [0.5, 0.6) is 5.75 Å². The number of hydrogen-bond acceptors (Lipinski definition) is 3. The average molecular weight is 267 g/mol. The van der Waals surface area contributed by atoms with Gasteiger partial charge in [-0.2, -0.15) is 0 Å². The van der Waals surface area contributed by atoms with Crippen LogP contribution in [-0.4, -0.2) is 16.0 Å². The Morgan fingerprint density at radius 3 is 2.78 bits per heavy atom. The van der Waals surface area contributed by atoms with E-state index in [-0.39, 0.29) is 22.0 Å². The van der Waals surface area contributed by atoms with E-state index in [1.807, 2.05) is 0 Å². The van der Waals surface area contributed by atoms with Crippen LogP contribution >= 0.6 is 11.6 Å². The predicted molar refractivity (Wildman–Crippen MR) is 65.3 cm³/mol. The minimum Gasteiger partial charge on any atom is -0.506 e. The number of pyridine rings is 1. The maximum atomic E-state index is 12.8. The molecule has 0 saturated heterocycles. The third-order valence-electron chi connectivity index (χ3n) is 2.17. The van der Waals surface area contributed by atoms with Gasteiger partial charge in [-0.1, -0.05) is 11.6 Å². The molecule has 0 radical (unpaired) electrons. The van der Waals surface area contributed by atoms with E-state index in [1.54, 1.807) is 0 Å². The van der Waals surface area contributed by atoms with Crippen molar-refractivity contribution in [2.45, 2.75) is 0 Å². The standard InChI is InChI=1S/C12H8ClFN2O2/c13-10-4-8(14)1-2-11(10)16-12(18)7-3-9(17)6-15-5-7/h1-6,17H,(H,16,18). The van der Waals surface area contributed by atoms with Crippen molar-refractivity contribution in [2.75, 3.05) is 5.32 Å². The van der Waals surface area contributed by atoms with Gasteiger partial charge < -0.3 is 10.4 Å². The molecular formula is C12H8ClFN2O2. The fourth-order valence-electron chi connectivity index (χ4n) is 1.34. The highest BCUT2D eigenvalue weighted by atomic mass is 35.5. The van der Waals surface area contributed by atoms with E-state index in [0.29, 0.717) is 0 Å². The number of halogens is 2. The van der Waals surface area contributed by atoms with Gasteiger partial charge in [-0.25, -0.2) is 4.39 Å². The summed E-state index contributed by atoms with van der Waals surface area (Å²) in [6, 6.07) is 4.89. The molecule has 2 rings (SSSR count). The van der Waals surface area contributed by atoms with E-state index >= 15 is 0 Å². The summed E-state index contributed by atoms with van der Waals surface area (Å²) < 4.78 is 12.8. The van der Waals surface area contributed by atoms with Gasteiger partial charge in [0.1, 0.15) is 11.6 Å². The predicted octanol–water partition coefficient (Wildman–Crippen LogP) is 2.83. The van der Waals surface area contributed by atoms with Gasteiger partial charge in [0, 0.05) is 6.20 Å². The maximum Gasteiger partial charge on any atom is 0.257 e. The third-order valence-corrected chi connectivity index (χ3v) is 2.48. The normalized spacial score (nSPS) is 10.1. The number of amides is 1. The van der Waals surface area contributed by atoms with Crippen LogP contribution in [0.15, 0.2) is 36.7 Å². The molecule has 0 aliphatic rings. The lowest BCUT2D eigenvalue weighted by molar-refractivity contribution is 0.102. The second-order valence-electron chi connectivity index (χ2n) is 3.51. The highest BCUT2D eigenvalue weighted by Crippen LogP contribution is 2.23. The molecule has 1 heterocycles. The summed E-state index contributed by atoms with van der Waals surface area (Å²) >= 11 is 5.77. The van der Waals surface area contributed by atoms with Crippen LogP contribution < -0.4 is 5.32 Å². The van der Waals surface area contributed by atoms with E-state index in [2.05, 4.69) is 10.3 Å². The van der Waals surface area contributed by atoms with Crippen molar-refractivity contribution in [1.82, 2.24) is 4.98 Å². The minimum absolute atomic E-state index is 0.0939. The molecule has 0 atom stereocenters. The van der Waals surface area contributed by atoms with Gasteiger partial charge in [0.2, 0.25) is 0 Å². The average Bonchev–Trinajstić information content (AvgIpc) is 2.32. The molecule has 92 valence electrons. The highest BCUT2D eigenvalue weighted by Gasteiger charge is 2.10. The van der Waals surface area contributed by atoms with Crippen LogP contribution in [-0.2, 0) is 0 Å². The van der Waals surface area contributed by atoms with E-state index in [9.17, 15) is 14.3 Å². The quantitative estimate of drug-likeness (QED) is 0.879. The Hall–Kier alpha value is -2.14. The first-order chi connectivity index (χ1) is 8.56. The van der Waals surface area contributed by atoms with Gasteiger partial charge in [-0.15, -0.1) is 0 Å². The van der Waals surface area contributed by atoms with Gasteiger partial charge in [0.25, 0.3) is 5.91 Å². The number of hydrogen-bond donors (Lipinski definition) is 2. The lowest BCUT2D eigenvalue weighted by atomic mass is 10.2. The Balaban J connectivity index is 2.21. The van der Waals surface area contributed by atoms with Crippen LogP contribution in [0.2, 0.25) is 5.02 Å². The van der Waals surface area contributed by atoms with Gasteiger partial charge in [0.05, 0.1) is 22.5 Å². The van der Waals surface area contributed by atoms with Gasteiger partial charge in [0.15, 0.2) is 0 Å². The second-order valence-corrected chi connectivity index (χ2v) is 3.92. The topological polar surface area (TPSA) is 62.2 Å². The number of anilines is 1. The summed E-state index contributed by atoms with van der Waals surface area (Å²) in [5.74, 6) is -1.10. The fraction of sp³-hybridized carbons (Fsp3) is 0. The molecule has 18 heavy (non-hydrogen) atoms. The number of nitrogens with zero attached hydrogens (tertiary/aromatic N) is 1. The van der Waals surface area contributed by atoms with Gasteiger partial charge in [-0.05, 0) is 24.3 Å². The molecule has 2 N–H and O–H groups in total. The maximum absolute atomic E-state index is 12.8. The lowest BCUT2D eigenvalue weighted by Gasteiger charge is -2.07. The molecule has 1 aromatic heterocycles. The molecule has 0 aliphatic carbocycles. The molecule has 0 bridgehead atoms. The molecule has 0 unspecified atom stereocenters. The molecule has 6 heteroatoms. The van der Waals surface area contributed by atoms with Crippen LogP contribution in [0.25, 0.3) is 0 Å². The molecule has 0 aliphatic heterocycles. The van der Waals surface area contributed by atoms with E-state index in [0.717, 1.165) is 6.07 Å². The van der Waals surface area contributed by atoms with Crippen molar-refractivity contribution in [3.8, 4) is 5.75 Å². The summed E-state index contributed by atoms with van der Waals surface area (Å²) in [4.78, 5) is 15.5. The summed E-state index contributed by atoms with van der Waals surface area (Å²) in [7, 11) is 0. The van der Waals surface area contributed by atoms with Crippen molar-refractivity contribution < 1.29 is 14.3 Å². The zero-order valence-electron chi connectivity index (χ0n) is 9.02. The monoisotopic (exact) mass is 266 g/mol. The van der Waals surface area contributed by atoms with Crippen LogP contribution in [0, 0.1) is 5.82 Å². The van der Waals surface area contributed by atoms with Crippen molar-refractivity contribution >= 4 is 23.2 Å². The Morgan fingerprint density at radius 1 is 1.33 bits per heavy atom. The number of aromatic nitrogens is 1. The zero-order valence-corrected chi connectivity index (χ0v) is 9.78. The van der Waals surface area contributed by atoms with Crippen molar-refractivity contribution in [1.29, 1.82) is 0 Å². The molecule has 1 amide bonds. The minimum atomic E-state index is -0.494. The molecule has 4 nitrogen and oxygen atoms in total. The van der Waals surface area contributed by atoms with Crippen molar-refractivity contribution in [2.24, 2.45) is 0 Å². The molecule has 0 fully saturated rings. The van der Waals surface area contributed by atoms with E-state index < -0.39 is 11.7 Å². The van der Waals surface area contributed by atoms with Crippen LogP contribution in [0.1, 0.15) is 10.4 Å². The number of nitrogens with one attached hydrogen (secondary N) is 1. The Kier molecular flexibility index (Phi) is 3.43. The second kappa shape index (κ2) is 5.01. The summed E-state index contributed by atoms with van der Waals surface area (Å²) in [6.07, 6.45) is 2.51.